The molecule has 0 aromatic carbocycles. The van der Waals surface area contributed by atoms with E-state index in [0.29, 0.717) is 0 Å². The third-order valence-corrected chi connectivity index (χ3v) is 4.26. The van der Waals surface area contributed by atoms with Gasteiger partial charge in [0, 0.05) is 26.2 Å². The SMILES string of the molecule is CC(C(=O)O)N(C)C(=O)C1CC12CCOCC2. The fraction of sp³-hybridized carbons (Fsp3) is 0.833. The summed E-state index contributed by atoms with van der Waals surface area (Å²) in [4.78, 5) is 24.3. The van der Waals surface area contributed by atoms with Crippen LogP contribution in [0.5, 0.6) is 0 Å². The zero-order valence-electron chi connectivity index (χ0n) is 10.3. The molecule has 1 heterocycles. The van der Waals surface area contributed by atoms with E-state index >= 15 is 0 Å². The summed E-state index contributed by atoms with van der Waals surface area (Å²) in [5.41, 5.74) is 0.113. The average Bonchev–Trinajstić information content (AvgIpc) is 3.00. The summed E-state index contributed by atoms with van der Waals surface area (Å²) in [5.74, 6) is -0.970. The van der Waals surface area contributed by atoms with E-state index in [0.717, 1.165) is 32.5 Å². The van der Waals surface area contributed by atoms with Crippen LogP contribution in [-0.4, -0.2) is 48.2 Å². The largest absolute Gasteiger partial charge is 0.480 e. The Balaban J connectivity index is 1.96. The predicted octanol–water partition coefficient (Wildman–Crippen LogP) is 0.735. The second-order valence-corrected chi connectivity index (χ2v) is 5.19. The van der Waals surface area contributed by atoms with Crippen molar-refractivity contribution in [2.45, 2.75) is 32.2 Å². The molecular formula is C12H19NO4. The fourth-order valence-corrected chi connectivity index (χ4v) is 2.63. The number of amides is 1. The predicted molar refractivity (Wildman–Crippen MR) is 60.5 cm³/mol. The van der Waals surface area contributed by atoms with Crippen molar-refractivity contribution in [1.82, 2.24) is 4.90 Å². The van der Waals surface area contributed by atoms with E-state index in [1.807, 2.05) is 0 Å². The number of carboxylic acid groups (broad SMARTS) is 1. The molecule has 2 aliphatic rings. The maximum absolute atomic E-state index is 12.1. The fourth-order valence-electron chi connectivity index (χ4n) is 2.63. The van der Waals surface area contributed by atoms with Crippen molar-refractivity contribution in [2.75, 3.05) is 20.3 Å². The van der Waals surface area contributed by atoms with Crippen LogP contribution in [0, 0.1) is 11.3 Å². The molecule has 2 rings (SSSR count). The lowest BCUT2D eigenvalue weighted by atomic mass is 9.93. The number of hydrogen-bond acceptors (Lipinski definition) is 3. The molecule has 0 bridgehead atoms. The van der Waals surface area contributed by atoms with E-state index in [-0.39, 0.29) is 17.2 Å². The molecule has 1 saturated heterocycles. The highest BCUT2D eigenvalue weighted by Crippen LogP contribution is 2.59. The Bertz CT molecular complexity index is 335. The van der Waals surface area contributed by atoms with Crippen LogP contribution < -0.4 is 0 Å². The number of carboxylic acids is 1. The van der Waals surface area contributed by atoms with Gasteiger partial charge >= 0.3 is 5.97 Å². The monoisotopic (exact) mass is 241 g/mol. The van der Waals surface area contributed by atoms with Crippen molar-refractivity contribution in [3.8, 4) is 0 Å². The lowest BCUT2D eigenvalue weighted by Gasteiger charge is -2.26. The Morgan fingerprint density at radius 2 is 2.00 bits per heavy atom. The van der Waals surface area contributed by atoms with Crippen LogP contribution in [0.1, 0.15) is 26.2 Å². The Morgan fingerprint density at radius 3 is 2.53 bits per heavy atom. The topological polar surface area (TPSA) is 66.8 Å². The van der Waals surface area contributed by atoms with Gasteiger partial charge in [-0.3, -0.25) is 4.79 Å². The van der Waals surface area contributed by atoms with Crippen molar-refractivity contribution in [3.05, 3.63) is 0 Å². The van der Waals surface area contributed by atoms with E-state index in [2.05, 4.69) is 0 Å². The minimum Gasteiger partial charge on any atom is -0.480 e. The number of carbonyl (C=O) groups is 2. The summed E-state index contributed by atoms with van der Waals surface area (Å²) in [6.07, 6.45) is 2.75. The molecule has 0 aromatic rings. The third-order valence-electron chi connectivity index (χ3n) is 4.26. The normalized spacial score (nSPS) is 27.5. The molecule has 2 atom stereocenters. The number of carbonyl (C=O) groups excluding carboxylic acids is 1. The van der Waals surface area contributed by atoms with Gasteiger partial charge in [-0.25, -0.2) is 4.79 Å². The lowest BCUT2D eigenvalue weighted by molar-refractivity contribution is -0.149. The van der Waals surface area contributed by atoms with E-state index in [4.69, 9.17) is 9.84 Å². The summed E-state index contributed by atoms with van der Waals surface area (Å²) in [6, 6.07) is -0.750. The molecule has 0 radical (unpaired) electrons. The molecule has 96 valence electrons. The second kappa shape index (κ2) is 4.29. The van der Waals surface area contributed by atoms with Gasteiger partial charge in [0.2, 0.25) is 5.91 Å². The Labute approximate surface area is 101 Å². The smallest absolute Gasteiger partial charge is 0.326 e. The van der Waals surface area contributed by atoms with Crippen molar-refractivity contribution in [2.24, 2.45) is 11.3 Å². The minimum absolute atomic E-state index is 0.0122. The molecule has 5 heteroatoms. The molecule has 1 aliphatic carbocycles. The molecule has 5 nitrogen and oxygen atoms in total. The first kappa shape index (κ1) is 12.4. The van der Waals surface area contributed by atoms with Gasteiger partial charge in [-0.05, 0) is 31.6 Å². The number of hydrogen-bond donors (Lipinski definition) is 1. The molecule has 1 spiro atoms. The zero-order chi connectivity index (χ0) is 12.6. The van der Waals surface area contributed by atoms with Gasteiger partial charge in [0.15, 0.2) is 0 Å². The number of ether oxygens (including phenoxy) is 1. The highest BCUT2D eigenvalue weighted by atomic mass is 16.5. The summed E-state index contributed by atoms with van der Waals surface area (Å²) in [6.45, 7) is 2.99. The van der Waals surface area contributed by atoms with Crippen LogP contribution in [0.25, 0.3) is 0 Å². The lowest BCUT2D eigenvalue weighted by Crippen LogP contribution is -2.42. The van der Waals surface area contributed by atoms with Crippen molar-refractivity contribution >= 4 is 11.9 Å². The number of aliphatic carboxylic acids is 1. The summed E-state index contributed by atoms with van der Waals surface area (Å²) >= 11 is 0. The quantitative estimate of drug-likeness (QED) is 0.791. The summed E-state index contributed by atoms with van der Waals surface area (Å²) < 4.78 is 5.30. The molecule has 2 unspecified atom stereocenters. The van der Waals surface area contributed by atoms with Gasteiger partial charge in [0.05, 0.1) is 0 Å². The maximum Gasteiger partial charge on any atom is 0.326 e. The van der Waals surface area contributed by atoms with Crippen LogP contribution >= 0.6 is 0 Å². The van der Waals surface area contributed by atoms with E-state index in [1.54, 1.807) is 14.0 Å². The first-order chi connectivity index (χ1) is 7.98. The zero-order valence-corrected chi connectivity index (χ0v) is 10.3. The van der Waals surface area contributed by atoms with Gasteiger partial charge in [-0.1, -0.05) is 0 Å². The summed E-state index contributed by atoms with van der Waals surface area (Å²) in [5, 5.41) is 8.89. The number of rotatable bonds is 3. The molecule has 1 saturated carbocycles. The third kappa shape index (κ3) is 2.16. The first-order valence-corrected chi connectivity index (χ1v) is 6.05. The molecular weight excluding hydrogens is 222 g/mol. The minimum atomic E-state index is -0.956. The van der Waals surface area contributed by atoms with E-state index in [1.165, 1.54) is 4.90 Å². The van der Waals surface area contributed by atoms with Crippen molar-refractivity contribution in [1.29, 1.82) is 0 Å². The molecule has 0 aromatic heterocycles. The second-order valence-electron chi connectivity index (χ2n) is 5.19. The Morgan fingerprint density at radius 1 is 1.41 bits per heavy atom. The maximum atomic E-state index is 12.1. The highest BCUT2D eigenvalue weighted by Gasteiger charge is 2.59. The molecule has 1 amide bonds. The van der Waals surface area contributed by atoms with Gasteiger partial charge in [0.1, 0.15) is 6.04 Å². The standard InChI is InChI=1S/C12H19NO4/c1-8(11(15)16)13(2)10(14)9-7-12(9)3-5-17-6-4-12/h8-9H,3-7H2,1-2H3,(H,15,16). The highest BCUT2D eigenvalue weighted by molar-refractivity contribution is 5.87. The molecule has 2 fully saturated rings. The van der Waals surface area contributed by atoms with Crippen LogP contribution in [-0.2, 0) is 14.3 Å². The van der Waals surface area contributed by atoms with Crippen molar-refractivity contribution < 1.29 is 19.4 Å². The molecule has 1 N–H and O–H groups in total. The van der Waals surface area contributed by atoms with Gasteiger partial charge < -0.3 is 14.7 Å². The van der Waals surface area contributed by atoms with Gasteiger partial charge in [0.25, 0.3) is 0 Å². The average molecular weight is 241 g/mol. The molecule has 1 aliphatic heterocycles. The van der Waals surface area contributed by atoms with Crippen LogP contribution in [0.2, 0.25) is 0 Å². The van der Waals surface area contributed by atoms with Crippen LogP contribution in [0.15, 0.2) is 0 Å². The van der Waals surface area contributed by atoms with Crippen LogP contribution in [0.4, 0.5) is 0 Å². The number of nitrogens with zero attached hydrogens (tertiary/aromatic N) is 1. The van der Waals surface area contributed by atoms with E-state index in [9.17, 15) is 9.59 Å². The van der Waals surface area contributed by atoms with Gasteiger partial charge in [-0.2, -0.15) is 0 Å². The summed E-state index contributed by atoms with van der Waals surface area (Å²) in [7, 11) is 1.58. The first-order valence-electron chi connectivity index (χ1n) is 6.05. The Kier molecular flexibility index (Phi) is 3.12. The Hall–Kier alpha value is -1.10. The van der Waals surface area contributed by atoms with Gasteiger partial charge in [-0.15, -0.1) is 0 Å². The number of likely N-dealkylation sites (N-methyl/N-ethyl adjacent to an activating group) is 1. The van der Waals surface area contributed by atoms with E-state index < -0.39 is 12.0 Å². The van der Waals surface area contributed by atoms with Crippen LogP contribution in [0.3, 0.4) is 0 Å². The van der Waals surface area contributed by atoms with Crippen molar-refractivity contribution in [3.63, 3.8) is 0 Å². The molecule has 17 heavy (non-hydrogen) atoms.